The molecule has 0 aliphatic carbocycles. The van der Waals surface area contributed by atoms with Gasteiger partial charge in [-0.3, -0.25) is 9.59 Å². The van der Waals surface area contributed by atoms with Gasteiger partial charge in [-0.2, -0.15) is 0 Å². The topological polar surface area (TPSA) is 95.9 Å². The molecule has 62 heavy (non-hydrogen) atoms. The first-order valence-corrected chi connectivity index (χ1v) is 27.6. The standard InChI is InChI=1S/C56H107NO5/c1-3-5-7-9-11-13-15-17-19-21-24-28-32-36-40-44-48-54(59)53(52-58)57-55(60)49-45-41-37-33-29-25-22-20-23-27-31-35-39-43-47-51-62-56(61)50-46-42-38-34-30-26-18-16-14-12-10-8-6-4-2/h10,12,16,18,53-54,58-59H,3-9,11,13-15,17,19-52H2,1-2H3,(H,57,60)/b12-10-,18-16-. The number of carbonyl (C=O) groups excluding carboxylic acids is 2. The summed E-state index contributed by atoms with van der Waals surface area (Å²) in [5.74, 6) is -0.0564. The molecule has 0 aliphatic heterocycles. The van der Waals surface area contributed by atoms with Crippen LogP contribution in [0.1, 0.15) is 296 Å². The number of esters is 1. The smallest absolute Gasteiger partial charge is 0.305 e. The van der Waals surface area contributed by atoms with E-state index in [-0.39, 0.29) is 18.5 Å². The van der Waals surface area contributed by atoms with Gasteiger partial charge in [0.05, 0.1) is 25.4 Å². The lowest BCUT2D eigenvalue weighted by Crippen LogP contribution is -2.45. The first kappa shape index (κ1) is 60.3. The van der Waals surface area contributed by atoms with Crippen molar-refractivity contribution >= 4 is 11.9 Å². The number of rotatable bonds is 51. The molecule has 0 aromatic rings. The summed E-state index contributed by atoms with van der Waals surface area (Å²) < 4.78 is 5.46. The molecule has 0 spiro atoms. The molecule has 0 aliphatic rings. The molecule has 0 saturated heterocycles. The maximum absolute atomic E-state index is 12.5. The normalized spacial score (nSPS) is 12.8. The predicted molar refractivity (Wildman–Crippen MR) is 269 cm³/mol. The number of hydrogen-bond donors (Lipinski definition) is 3. The highest BCUT2D eigenvalue weighted by molar-refractivity contribution is 5.76. The lowest BCUT2D eigenvalue weighted by Gasteiger charge is -2.22. The van der Waals surface area contributed by atoms with Crippen molar-refractivity contribution in [2.75, 3.05) is 13.2 Å². The van der Waals surface area contributed by atoms with Crippen molar-refractivity contribution in [1.82, 2.24) is 5.32 Å². The number of amides is 1. The van der Waals surface area contributed by atoms with Crippen molar-refractivity contribution in [2.24, 2.45) is 0 Å². The van der Waals surface area contributed by atoms with Crippen LogP contribution in [-0.4, -0.2) is 47.4 Å². The predicted octanol–water partition coefficient (Wildman–Crippen LogP) is 16.7. The molecule has 0 radical (unpaired) electrons. The van der Waals surface area contributed by atoms with Gasteiger partial charge in [0.15, 0.2) is 0 Å². The Kier molecular flexibility index (Phi) is 50.6. The molecule has 0 aromatic heterocycles. The monoisotopic (exact) mass is 874 g/mol. The van der Waals surface area contributed by atoms with Crippen LogP contribution in [-0.2, 0) is 14.3 Å². The van der Waals surface area contributed by atoms with Crippen molar-refractivity contribution in [3.63, 3.8) is 0 Å². The maximum atomic E-state index is 12.5. The first-order valence-electron chi connectivity index (χ1n) is 27.6. The van der Waals surface area contributed by atoms with E-state index in [1.807, 2.05) is 0 Å². The highest BCUT2D eigenvalue weighted by Gasteiger charge is 2.20. The molecule has 0 fully saturated rings. The minimum absolute atomic E-state index is 0.0137. The fourth-order valence-electron chi connectivity index (χ4n) is 8.48. The minimum Gasteiger partial charge on any atom is -0.466 e. The van der Waals surface area contributed by atoms with Gasteiger partial charge in [-0.15, -0.1) is 0 Å². The molecule has 0 rings (SSSR count). The van der Waals surface area contributed by atoms with Crippen LogP contribution < -0.4 is 5.32 Å². The first-order chi connectivity index (χ1) is 30.5. The highest BCUT2D eigenvalue weighted by atomic mass is 16.5. The fraction of sp³-hybridized carbons (Fsp3) is 0.893. The van der Waals surface area contributed by atoms with Crippen LogP contribution in [0.15, 0.2) is 24.3 Å². The average molecular weight is 874 g/mol. The Morgan fingerprint density at radius 2 is 0.823 bits per heavy atom. The summed E-state index contributed by atoms with van der Waals surface area (Å²) in [5.41, 5.74) is 0. The Hall–Kier alpha value is -1.66. The number of carbonyl (C=O) groups is 2. The molecule has 1 amide bonds. The van der Waals surface area contributed by atoms with Crippen LogP contribution in [0.5, 0.6) is 0 Å². The lowest BCUT2D eigenvalue weighted by atomic mass is 10.0. The molecule has 0 saturated carbocycles. The van der Waals surface area contributed by atoms with Gasteiger partial charge in [0.2, 0.25) is 5.91 Å². The van der Waals surface area contributed by atoms with Crippen LogP contribution in [0.2, 0.25) is 0 Å². The Labute approximate surface area is 386 Å². The van der Waals surface area contributed by atoms with Gasteiger partial charge in [-0.05, 0) is 51.4 Å². The third kappa shape index (κ3) is 47.8. The fourth-order valence-corrected chi connectivity index (χ4v) is 8.48. The number of ether oxygens (including phenoxy) is 1. The van der Waals surface area contributed by atoms with Crippen molar-refractivity contribution in [3.8, 4) is 0 Å². The van der Waals surface area contributed by atoms with E-state index in [1.165, 1.54) is 205 Å². The Morgan fingerprint density at radius 1 is 0.452 bits per heavy atom. The zero-order valence-corrected chi connectivity index (χ0v) is 41.6. The van der Waals surface area contributed by atoms with E-state index in [2.05, 4.69) is 43.5 Å². The molecule has 3 N–H and O–H groups in total. The van der Waals surface area contributed by atoms with Gasteiger partial charge in [0.1, 0.15) is 0 Å². The van der Waals surface area contributed by atoms with Crippen molar-refractivity contribution in [1.29, 1.82) is 0 Å². The van der Waals surface area contributed by atoms with E-state index in [0.717, 1.165) is 57.8 Å². The largest absolute Gasteiger partial charge is 0.466 e. The van der Waals surface area contributed by atoms with Gasteiger partial charge < -0.3 is 20.3 Å². The zero-order valence-electron chi connectivity index (χ0n) is 41.6. The van der Waals surface area contributed by atoms with Crippen LogP contribution in [0.25, 0.3) is 0 Å². The third-order valence-corrected chi connectivity index (χ3v) is 12.8. The average Bonchev–Trinajstić information content (AvgIpc) is 3.27. The van der Waals surface area contributed by atoms with Gasteiger partial charge in [-0.25, -0.2) is 0 Å². The Balaban J connectivity index is 3.44. The van der Waals surface area contributed by atoms with Crippen molar-refractivity contribution in [2.45, 2.75) is 309 Å². The number of aliphatic hydroxyl groups excluding tert-OH is 2. The summed E-state index contributed by atoms with van der Waals surface area (Å²) in [7, 11) is 0. The van der Waals surface area contributed by atoms with E-state index in [9.17, 15) is 19.8 Å². The molecule has 0 aromatic carbocycles. The third-order valence-electron chi connectivity index (χ3n) is 12.8. The summed E-state index contributed by atoms with van der Waals surface area (Å²) in [6, 6.07) is -0.548. The highest BCUT2D eigenvalue weighted by Crippen LogP contribution is 2.17. The summed E-state index contributed by atoms with van der Waals surface area (Å²) in [5, 5.41) is 23.3. The Morgan fingerprint density at radius 3 is 1.27 bits per heavy atom. The van der Waals surface area contributed by atoms with Gasteiger partial charge in [0.25, 0.3) is 0 Å². The number of allylic oxidation sites excluding steroid dienone is 4. The number of nitrogens with one attached hydrogen (secondary N) is 1. The van der Waals surface area contributed by atoms with E-state index in [0.29, 0.717) is 25.9 Å². The molecule has 2 atom stereocenters. The summed E-state index contributed by atoms with van der Waals surface area (Å²) in [6.45, 7) is 4.90. The molecular weight excluding hydrogens is 767 g/mol. The molecule has 0 heterocycles. The van der Waals surface area contributed by atoms with Crippen molar-refractivity contribution < 1.29 is 24.5 Å². The maximum Gasteiger partial charge on any atom is 0.305 e. The van der Waals surface area contributed by atoms with Crippen LogP contribution >= 0.6 is 0 Å². The number of hydrogen-bond acceptors (Lipinski definition) is 5. The summed E-state index contributed by atoms with van der Waals surface area (Å²) in [6.07, 6.45) is 61.5. The van der Waals surface area contributed by atoms with E-state index in [4.69, 9.17) is 4.74 Å². The molecule has 6 heteroatoms. The van der Waals surface area contributed by atoms with E-state index < -0.39 is 12.1 Å². The van der Waals surface area contributed by atoms with E-state index >= 15 is 0 Å². The van der Waals surface area contributed by atoms with Crippen LogP contribution in [0, 0.1) is 0 Å². The second-order valence-electron chi connectivity index (χ2n) is 18.9. The SMILES string of the molecule is CCCC/C=C\C/C=C\CCCCCCCC(=O)OCCCCCCCCCCCCCCCCCC(=O)NC(CO)C(O)CCCCCCCCCCCCCCCCCC. The second-order valence-corrected chi connectivity index (χ2v) is 18.9. The summed E-state index contributed by atoms with van der Waals surface area (Å²) >= 11 is 0. The zero-order chi connectivity index (χ0) is 45.1. The molecule has 0 bridgehead atoms. The molecule has 6 nitrogen and oxygen atoms in total. The summed E-state index contributed by atoms with van der Waals surface area (Å²) in [4.78, 5) is 24.5. The second kappa shape index (κ2) is 52.0. The quantitative estimate of drug-likeness (QED) is 0.0321. The lowest BCUT2D eigenvalue weighted by molar-refractivity contribution is -0.143. The van der Waals surface area contributed by atoms with Gasteiger partial charge in [0, 0.05) is 12.8 Å². The minimum atomic E-state index is -0.670. The number of unbranched alkanes of at least 4 members (excludes halogenated alkanes) is 36. The molecular formula is C56H107NO5. The van der Waals surface area contributed by atoms with Crippen LogP contribution in [0.4, 0.5) is 0 Å². The van der Waals surface area contributed by atoms with E-state index in [1.54, 1.807) is 0 Å². The van der Waals surface area contributed by atoms with Crippen LogP contribution in [0.3, 0.4) is 0 Å². The number of aliphatic hydroxyl groups is 2. The van der Waals surface area contributed by atoms with Gasteiger partial charge in [-0.1, -0.05) is 256 Å². The van der Waals surface area contributed by atoms with Crippen molar-refractivity contribution in [3.05, 3.63) is 24.3 Å². The molecule has 366 valence electrons. The van der Waals surface area contributed by atoms with Gasteiger partial charge >= 0.3 is 5.97 Å². The molecule has 2 unspecified atom stereocenters. The Bertz CT molecular complexity index is 966.